The molecule has 0 aliphatic rings. The fraction of sp³-hybridized carbons (Fsp3) is 0.450. The molecule has 124 valence electrons. The van der Waals surface area contributed by atoms with Gasteiger partial charge in [0.15, 0.2) is 0 Å². The first-order valence-corrected chi connectivity index (χ1v) is 10.1. The highest BCUT2D eigenvalue weighted by molar-refractivity contribution is 7.82. The van der Waals surface area contributed by atoms with Crippen molar-refractivity contribution in [1.82, 2.24) is 0 Å². The van der Waals surface area contributed by atoms with Gasteiger partial charge in [0.2, 0.25) is 0 Å². The Kier molecular flexibility index (Phi) is 5.48. The summed E-state index contributed by atoms with van der Waals surface area (Å²) in [5.74, 6) is 0. The maximum Gasteiger partial charge on any atom is 0.0841 e. The molecule has 0 aliphatic carbocycles. The molecule has 0 unspecified atom stereocenters. The first-order chi connectivity index (χ1) is 10.6. The summed E-state index contributed by atoms with van der Waals surface area (Å²) >= 11 is 5.72. The third-order valence-electron chi connectivity index (χ3n) is 3.98. The van der Waals surface area contributed by atoms with Crippen LogP contribution in [0.25, 0.3) is 10.8 Å². The van der Waals surface area contributed by atoms with Gasteiger partial charge in [-0.15, -0.1) is 0 Å². The highest BCUT2D eigenvalue weighted by Gasteiger charge is 2.34. The fourth-order valence-corrected chi connectivity index (χ4v) is 6.97. The number of rotatable bonds is 3. The first-order valence-electron chi connectivity index (χ1n) is 8.14. The van der Waals surface area contributed by atoms with Gasteiger partial charge in [-0.2, -0.15) is 0 Å². The van der Waals surface area contributed by atoms with Crippen molar-refractivity contribution in [1.29, 1.82) is 0 Å². The van der Waals surface area contributed by atoms with Gasteiger partial charge in [0, 0.05) is 17.2 Å². The molecule has 0 aromatic heterocycles. The Morgan fingerprint density at radius 3 is 2.09 bits per heavy atom. The van der Waals surface area contributed by atoms with Crippen molar-refractivity contribution < 1.29 is 0 Å². The van der Waals surface area contributed by atoms with Crippen LogP contribution in [0.15, 0.2) is 42.5 Å². The largest absolute Gasteiger partial charge is 0.349 e. The van der Waals surface area contributed by atoms with E-state index in [4.69, 9.17) is 12.2 Å². The lowest BCUT2D eigenvalue weighted by Crippen LogP contribution is -2.30. The van der Waals surface area contributed by atoms with Gasteiger partial charge in [0.05, 0.1) is 4.99 Å². The summed E-state index contributed by atoms with van der Waals surface area (Å²) in [4.78, 5) is 0.956. The highest BCUT2D eigenvalue weighted by Crippen LogP contribution is 2.59. The van der Waals surface area contributed by atoms with Crippen LogP contribution in [0.1, 0.15) is 41.5 Å². The van der Waals surface area contributed by atoms with Crippen LogP contribution in [0.2, 0.25) is 0 Å². The Hall–Kier alpha value is -0.980. The van der Waals surface area contributed by atoms with Crippen LogP contribution >= 0.6 is 20.1 Å². The van der Waals surface area contributed by atoms with E-state index in [0.717, 1.165) is 16.8 Å². The number of hydrogen-bond donors (Lipinski definition) is 1. The minimum atomic E-state index is -0.225. The SMILES string of the molecule is CC(C)(C)P(CC(=S)Nc1cccc2ccccc12)C(C)(C)C. The van der Waals surface area contributed by atoms with E-state index in [9.17, 15) is 0 Å². The lowest BCUT2D eigenvalue weighted by atomic mass is 10.1. The predicted octanol–water partition coefficient (Wildman–Crippen LogP) is 6.66. The Morgan fingerprint density at radius 1 is 0.913 bits per heavy atom. The van der Waals surface area contributed by atoms with E-state index < -0.39 is 0 Å². The number of hydrogen-bond acceptors (Lipinski definition) is 1. The molecule has 2 aromatic rings. The zero-order valence-electron chi connectivity index (χ0n) is 15.1. The van der Waals surface area contributed by atoms with Crippen LogP contribution in [0.3, 0.4) is 0 Å². The summed E-state index contributed by atoms with van der Waals surface area (Å²) in [5.41, 5.74) is 1.12. The van der Waals surface area contributed by atoms with Crippen molar-refractivity contribution in [3.63, 3.8) is 0 Å². The van der Waals surface area contributed by atoms with E-state index in [2.05, 4.69) is 89.3 Å². The van der Waals surface area contributed by atoms with Gasteiger partial charge >= 0.3 is 0 Å². The molecule has 0 radical (unpaired) electrons. The lowest BCUT2D eigenvalue weighted by Gasteiger charge is -2.41. The van der Waals surface area contributed by atoms with E-state index in [0.29, 0.717) is 0 Å². The third-order valence-corrected chi connectivity index (χ3v) is 8.32. The van der Waals surface area contributed by atoms with Gasteiger partial charge < -0.3 is 5.32 Å². The van der Waals surface area contributed by atoms with Crippen molar-refractivity contribution >= 4 is 41.6 Å². The maximum atomic E-state index is 5.72. The third kappa shape index (κ3) is 4.75. The monoisotopic (exact) mass is 345 g/mol. The standard InChI is InChI=1S/C20H28NPS/c1-19(2,3)22(20(4,5)6)14-18(23)21-17-13-9-11-15-10-7-8-12-16(15)17/h7-13H,14H2,1-6H3,(H,21,23). The number of anilines is 1. The molecule has 23 heavy (non-hydrogen) atoms. The molecule has 0 heterocycles. The van der Waals surface area contributed by atoms with Crippen LogP contribution in [-0.4, -0.2) is 21.5 Å². The second-order valence-corrected chi connectivity index (χ2v) is 12.4. The molecule has 2 rings (SSSR count). The molecule has 0 aliphatic heterocycles. The van der Waals surface area contributed by atoms with E-state index in [1.165, 1.54) is 10.8 Å². The molecule has 0 bridgehead atoms. The predicted molar refractivity (Wildman–Crippen MR) is 111 cm³/mol. The molecule has 2 aromatic carbocycles. The summed E-state index contributed by atoms with van der Waals surface area (Å²) in [6.07, 6.45) is 0.973. The van der Waals surface area contributed by atoms with Crippen molar-refractivity contribution in [2.45, 2.75) is 51.9 Å². The molecule has 3 heteroatoms. The zero-order chi connectivity index (χ0) is 17.3. The van der Waals surface area contributed by atoms with E-state index in [1.54, 1.807) is 0 Å². The normalized spacial score (nSPS) is 12.7. The Labute approximate surface area is 147 Å². The van der Waals surface area contributed by atoms with Gasteiger partial charge in [-0.1, -0.05) is 98.1 Å². The average Bonchev–Trinajstić information content (AvgIpc) is 2.43. The second-order valence-electron chi connectivity index (χ2n) is 8.00. The van der Waals surface area contributed by atoms with E-state index in [1.807, 2.05) is 0 Å². The highest BCUT2D eigenvalue weighted by atomic mass is 32.1. The summed E-state index contributed by atoms with van der Waals surface area (Å²) in [7, 11) is -0.225. The molecule has 1 N–H and O–H groups in total. The molecule has 1 nitrogen and oxygen atoms in total. The number of benzene rings is 2. The molecule has 0 amide bonds. The zero-order valence-corrected chi connectivity index (χ0v) is 16.8. The quantitative estimate of drug-likeness (QED) is 0.493. The van der Waals surface area contributed by atoms with Crippen LogP contribution < -0.4 is 5.32 Å². The molecule has 0 saturated carbocycles. The van der Waals surface area contributed by atoms with Crippen LogP contribution in [0, 0.1) is 0 Å². The average molecular weight is 345 g/mol. The Balaban J connectivity index is 2.21. The smallest absolute Gasteiger partial charge is 0.0841 e. The summed E-state index contributed by atoms with van der Waals surface area (Å²) in [6, 6.07) is 14.8. The van der Waals surface area contributed by atoms with Gasteiger partial charge in [-0.05, 0) is 21.8 Å². The van der Waals surface area contributed by atoms with Crippen molar-refractivity contribution in [3.05, 3.63) is 42.5 Å². The number of thiocarbonyl (C=S) groups is 1. The van der Waals surface area contributed by atoms with Gasteiger partial charge in [0.1, 0.15) is 0 Å². The van der Waals surface area contributed by atoms with E-state index in [-0.39, 0.29) is 18.2 Å². The Morgan fingerprint density at radius 2 is 1.48 bits per heavy atom. The second kappa shape index (κ2) is 6.87. The molecular formula is C20H28NPS. The summed E-state index contributed by atoms with van der Waals surface area (Å²) in [5, 5.41) is 6.56. The summed E-state index contributed by atoms with van der Waals surface area (Å²) in [6.45, 7) is 14.0. The molecule has 0 fully saturated rings. The first kappa shape index (κ1) is 18.4. The van der Waals surface area contributed by atoms with Crippen molar-refractivity contribution in [3.8, 4) is 0 Å². The van der Waals surface area contributed by atoms with E-state index >= 15 is 0 Å². The van der Waals surface area contributed by atoms with Crippen molar-refractivity contribution in [2.75, 3.05) is 11.5 Å². The maximum absolute atomic E-state index is 5.72. The minimum Gasteiger partial charge on any atom is -0.349 e. The van der Waals surface area contributed by atoms with Crippen LogP contribution in [0.5, 0.6) is 0 Å². The molecule has 0 spiro atoms. The molecule has 0 saturated heterocycles. The van der Waals surface area contributed by atoms with Crippen molar-refractivity contribution in [2.24, 2.45) is 0 Å². The number of fused-ring (bicyclic) bond motifs is 1. The topological polar surface area (TPSA) is 12.0 Å². The minimum absolute atomic E-state index is 0.225. The summed E-state index contributed by atoms with van der Waals surface area (Å²) < 4.78 is 0. The Bertz CT molecular complexity index is 675. The van der Waals surface area contributed by atoms with Crippen LogP contribution in [0.4, 0.5) is 5.69 Å². The van der Waals surface area contributed by atoms with Gasteiger partial charge in [-0.25, -0.2) is 0 Å². The van der Waals surface area contributed by atoms with Gasteiger partial charge in [-0.3, -0.25) is 0 Å². The fourth-order valence-electron chi connectivity index (χ4n) is 3.15. The van der Waals surface area contributed by atoms with Gasteiger partial charge in [0.25, 0.3) is 0 Å². The molecule has 0 atom stereocenters. The van der Waals surface area contributed by atoms with Crippen LogP contribution in [-0.2, 0) is 0 Å². The number of nitrogens with one attached hydrogen (secondary N) is 1. The lowest BCUT2D eigenvalue weighted by molar-refractivity contribution is 0.708. The molecular weight excluding hydrogens is 317 g/mol.